The summed E-state index contributed by atoms with van der Waals surface area (Å²) in [4.78, 5) is 23.1. The van der Waals surface area contributed by atoms with Gasteiger partial charge in [-0.2, -0.15) is 0 Å². The van der Waals surface area contributed by atoms with Crippen molar-refractivity contribution < 1.29 is 14.3 Å². The second kappa shape index (κ2) is 7.05. The smallest absolute Gasteiger partial charge is 0.337 e. The van der Waals surface area contributed by atoms with Crippen molar-refractivity contribution >= 4 is 17.6 Å². The van der Waals surface area contributed by atoms with Crippen molar-refractivity contribution in [3.05, 3.63) is 29.8 Å². The van der Waals surface area contributed by atoms with Gasteiger partial charge in [-0.15, -0.1) is 0 Å². The van der Waals surface area contributed by atoms with Gasteiger partial charge in [-0.25, -0.2) is 4.79 Å². The lowest BCUT2D eigenvalue weighted by Gasteiger charge is -2.24. The number of benzene rings is 1. The topological polar surface area (TPSA) is 67.4 Å². The molecule has 0 fully saturated rings. The Hall–Kier alpha value is -1.88. The number of amides is 1. The van der Waals surface area contributed by atoms with Crippen LogP contribution in [0.4, 0.5) is 5.69 Å². The van der Waals surface area contributed by atoms with Crippen LogP contribution >= 0.6 is 0 Å². The van der Waals surface area contributed by atoms with Crippen molar-refractivity contribution in [1.82, 2.24) is 5.32 Å². The van der Waals surface area contributed by atoms with Gasteiger partial charge < -0.3 is 15.4 Å². The summed E-state index contributed by atoms with van der Waals surface area (Å²) in [5, 5.41) is 5.95. The average Bonchev–Trinajstić information content (AvgIpc) is 2.45. The SMILES string of the molecule is CCC(C)(C)NCC(=O)Nc1ccc(C(=O)OC)cc1. The number of hydrogen-bond donors (Lipinski definition) is 2. The Morgan fingerprint density at radius 2 is 1.80 bits per heavy atom. The summed E-state index contributed by atoms with van der Waals surface area (Å²) in [6, 6.07) is 6.58. The van der Waals surface area contributed by atoms with E-state index in [1.165, 1.54) is 7.11 Å². The summed E-state index contributed by atoms with van der Waals surface area (Å²) in [5.41, 5.74) is 1.04. The van der Waals surface area contributed by atoms with E-state index >= 15 is 0 Å². The molecule has 5 heteroatoms. The van der Waals surface area contributed by atoms with Crippen LogP contribution in [0.3, 0.4) is 0 Å². The van der Waals surface area contributed by atoms with E-state index in [4.69, 9.17) is 0 Å². The molecule has 0 saturated heterocycles. The first-order valence-electron chi connectivity index (χ1n) is 6.61. The summed E-state index contributed by atoms with van der Waals surface area (Å²) in [6.45, 7) is 6.41. The highest BCUT2D eigenvalue weighted by molar-refractivity contribution is 5.94. The van der Waals surface area contributed by atoms with Crippen LogP contribution in [0.2, 0.25) is 0 Å². The average molecular weight is 278 g/mol. The molecule has 1 aromatic carbocycles. The van der Waals surface area contributed by atoms with Gasteiger partial charge in [0.05, 0.1) is 19.2 Å². The Labute approximate surface area is 119 Å². The van der Waals surface area contributed by atoms with Gasteiger partial charge in [0.2, 0.25) is 5.91 Å². The van der Waals surface area contributed by atoms with Gasteiger partial charge in [0.15, 0.2) is 0 Å². The van der Waals surface area contributed by atoms with Crippen molar-refractivity contribution in [2.45, 2.75) is 32.7 Å². The van der Waals surface area contributed by atoms with E-state index in [2.05, 4.69) is 22.3 Å². The van der Waals surface area contributed by atoms with Gasteiger partial charge >= 0.3 is 5.97 Å². The Balaban J connectivity index is 2.52. The van der Waals surface area contributed by atoms with Crippen LogP contribution in [0.5, 0.6) is 0 Å². The zero-order valence-electron chi connectivity index (χ0n) is 12.4. The fourth-order valence-corrected chi connectivity index (χ4v) is 1.46. The van der Waals surface area contributed by atoms with E-state index < -0.39 is 5.97 Å². The van der Waals surface area contributed by atoms with Crippen molar-refractivity contribution in [2.24, 2.45) is 0 Å². The molecule has 0 aromatic heterocycles. The van der Waals surface area contributed by atoms with Crippen molar-refractivity contribution in [3.63, 3.8) is 0 Å². The number of methoxy groups -OCH3 is 1. The number of anilines is 1. The van der Waals surface area contributed by atoms with Gasteiger partial charge in [-0.1, -0.05) is 6.92 Å². The highest BCUT2D eigenvalue weighted by Gasteiger charge is 2.15. The van der Waals surface area contributed by atoms with Crippen LogP contribution in [0, 0.1) is 0 Å². The molecule has 110 valence electrons. The highest BCUT2D eigenvalue weighted by Crippen LogP contribution is 2.11. The van der Waals surface area contributed by atoms with Crippen LogP contribution in [-0.4, -0.2) is 31.1 Å². The van der Waals surface area contributed by atoms with Crippen molar-refractivity contribution in [3.8, 4) is 0 Å². The summed E-state index contributed by atoms with van der Waals surface area (Å²) >= 11 is 0. The predicted molar refractivity (Wildman–Crippen MR) is 78.8 cm³/mol. The molecular formula is C15H22N2O3. The molecule has 0 saturated carbocycles. The van der Waals surface area contributed by atoms with Gasteiger partial charge in [0.25, 0.3) is 0 Å². The number of ether oxygens (including phenoxy) is 1. The minimum absolute atomic E-state index is 0.0634. The fraction of sp³-hybridized carbons (Fsp3) is 0.467. The standard InChI is InChI=1S/C15H22N2O3/c1-5-15(2,3)16-10-13(18)17-12-8-6-11(7-9-12)14(19)20-4/h6-9,16H,5,10H2,1-4H3,(H,17,18). The normalized spacial score (nSPS) is 11.0. The third kappa shape index (κ3) is 5.01. The summed E-state index contributed by atoms with van der Waals surface area (Å²) in [7, 11) is 1.33. The van der Waals surface area contributed by atoms with Crippen LogP contribution in [-0.2, 0) is 9.53 Å². The maximum atomic E-state index is 11.8. The molecule has 1 aromatic rings. The van der Waals surface area contributed by atoms with Crippen LogP contribution in [0.25, 0.3) is 0 Å². The first kappa shape index (κ1) is 16.2. The molecule has 1 amide bonds. The monoisotopic (exact) mass is 278 g/mol. The summed E-state index contributed by atoms with van der Waals surface area (Å²) < 4.78 is 4.61. The molecule has 0 spiro atoms. The van der Waals surface area contributed by atoms with E-state index in [0.29, 0.717) is 11.3 Å². The molecule has 0 aliphatic heterocycles. The molecular weight excluding hydrogens is 256 g/mol. The second-order valence-electron chi connectivity index (χ2n) is 5.21. The van der Waals surface area contributed by atoms with Crippen molar-refractivity contribution in [2.75, 3.05) is 19.0 Å². The first-order chi connectivity index (χ1) is 9.38. The lowest BCUT2D eigenvalue weighted by molar-refractivity contribution is -0.115. The van der Waals surface area contributed by atoms with E-state index in [-0.39, 0.29) is 18.0 Å². The molecule has 0 aliphatic rings. The zero-order valence-corrected chi connectivity index (χ0v) is 12.4. The summed E-state index contributed by atoms with van der Waals surface area (Å²) in [6.07, 6.45) is 0.939. The van der Waals surface area contributed by atoms with Crippen LogP contribution < -0.4 is 10.6 Å². The van der Waals surface area contributed by atoms with E-state index in [1.54, 1.807) is 24.3 Å². The molecule has 5 nitrogen and oxygen atoms in total. The maximum Gasteiger partial charge on any atom is 0.337 e. The van der Waals surface area contributed by atoms with E-state index in [9.17, 15) is 9.59 Å². The van der Waals surface area contributed by atoms with Gasteiger partial charge in [0.1, 0.15) is 0 Å². The maximum absolute atomic E-state index is 11.8. The largest absolute Gasteiger partial charge is 0.465 e. The number of carbonyl (C=O) groups is 2. The second-order valence-corrected chi connectivity index (χ2v) is 5.21. The molecule has 0 unspecified atom stereocenters. The lowest BCUT2D eigenvalue weighted by atomic mass is 10.0. The fourth-order valence-electron chi connectivity index (χ4n) is 1.46. The Morgan fingerprint density at radius 3 is 2.30 bits per heavy atom. The van der Waals surface area contributed by atoms with Crippen LogP contribution in [0.1, 0.15) is 37.6 Å². The number of carbonyl (C=O) groups excluding carboxylic acids is 2. The first-order valence-corrected chi connectivity index (χ1v) is 6.61. The Morgan fingerprint density at radius 1 is 1.20 bits per heavy atom. The van der Waals surface area contributed by atoms with Gasteiger partial charge in [-0.05, 0) is 44.5 Å². The number of hydrogen-bond acceptors (Lipinski definition) is 4. The molecule has 0 aliphatic carbocycles. The quantitative estimate of drug-likeness (QED) is 0.783. The molecule has 0 bridgehead atoms. The molecule has 2 N–H and O–H groups in total. The Bertz CT molecular complexity index is 467. The zero-order chi connectivity index (χ0) is 15.2. The van der Waals surface area contributed by atoms with Gasteiger partial charge in [-0.3, -0.25) is 4.79 Å². The summed E-state index contributed by atoms with van der Waals surface area (Å²) in [5.74, 6) is -0.508. The van der Waals surface area contributed by atoms with E-state index in [0.717, 1.165) is 6.42 Å². The van der Waals surface area contributed by atoms with Crippen molar-refractivity contribution in [1.29, 1.82) is 0 Å². The molecule has 0 radical (unpaired) electrons. The number of nitrogens with one attached hydrogen (secondary N) is 2. The molecule has 0 heterocycles. The Kier molecular flexibility index (Phi) is 5.70. The van der Waals surface area contributed by atoms with Gasteiger partial charge in [0, 0.05) is 11.2 Å². The van der Waals surface area contributed by atoms with E-state index in [1.807, 2.05) is 13.8 Å². The lowest BCUT2D eigenvalue weighted by Crippen LogP contribution is -2.43. The third-order valence-corrected chi connectivity index (χ3v) is 3.20. The number of esters is 1. The number of rotatable bonds is 6. The highest BCUT2D eigenvalue weighted by atomic mass is 16.5. The molecule has 1 rings (SSSR count). The molecule has 20 heavy (non-hydrogen) atoms. The predicted octanol–water partition coefficient (Wildman–Crippen LogP) is 2.19. The third-order valence-electron chi connectivity index (χ3n) is 3.20. The molecule has 0 atom stereocenters. The minimum Gasteiger partial charge on any atom is -0.465 e. The van der Waals surface area contributed by atoms with Crippen LogP contribution in [0.15, 0.2) is 24.3 Å². The minimum atomic E-state index is -0.394.